The zero-order valence-electron chi connectivity index (χ0n) is 81.8. The number of unbranched alkanes of at least 4 members (excludes halogenated alkanes) is 4. The Labute approximate surface area is 810 Å². The van der Waals surface area contributed by atoms with E-state index in [1.54, 1.807) is 32.6 Å². The maximum Gasteiger partial charge on any atom is 0.220 e. The minimum Gasteiger partial charge on any atom is -0.377 e. The molecule has 0 spiro atoms. The molecule has 1 aromatic carbocycles. The quantitative estimate of drug-likeness (QED) is 0.0390. The van der Waals surface area contributed by atoms with Crippen LogP contribution < -0.4 is 26.6 Å². The average Bonchev–Trinajstić information content (AvgIpc) is 1.58. The summed E-state index contributed by atoms with van der Waals surface area (Å²) in [5, 5.41) is 41.1. The van der Waals surface area contributed by atoms with Gasteiger partial charge in [-0.25, -0.2) is 14.0 Å². The summed E-state index contributed by atoms with van der Waals surface area (Å²) in [6.45, 7) is 26.0. The van der Waals surface area contributed by atoms with E-state index >= 15 is 0 Å². The largest absolute Gasteiger partial charge is 0.377 e. The highest BCUT2D eigenvalue weighted by atomic mass is 16.8. The summed E-state index contributed by atoms with van der Waals surface area (Å²) in [4.78, 5) is 63.2. The molecule has 5 amide bonds. The number of ether oxygens (including phenoxy) is 28. The average molecular weight is 1980 g/mol. The van der Waals surface area contributed by atoms with E-state index in [0.717, 1.165) is 24.8 Å². The van der Waals surface area contributed by atoms with Crippen molar-refractivity contribution in [3.8, 4) is 0 Å². The molecule has 47 nitrogen and oxygen atoms in total. The second-order valence-electron chi connectivity index (χ2n) is 37.2. The lowest BCUT2D eigenvalue weighted by molar-refractivity contribution is -0.214. The molecule has 0 radical (unpaired) electrons. The van der Waals surface area contributed by atoms with Crippen LogP contribution in [0.25, 0.3) is 0 Å². The minimum atomic E-state index is -1.30. The van der Waals surface area contributed by atoms with Crippen LogP contribution in [0.3, 0.4) is 0 Å². The standard InChI is InChI=1S/C92H146N14O33/c1-65(107)94-74-77-80(134-86(4,5)131-77)90(62-128-83(74)137-90)59-122-46-43-118-40-37-115-34-31-112-28-24-104-49-69(98-101-104)53-125-56-89(97-73(111)22-15-11-17-23-93-72(110)21-16-12-18-27-121-52-68-19-13-10-14-20-68,57-126-54-70-50-105(102-99-70)25-29-113-32-35-116-38-41-119-44-47-123-60-91-63-129-84(138-91)75(95-66(2)108)78-81(91)135-87(6,7)132-78)58-127-55-71-51-106(103-100-71)26-30-114-33-36-117-39-42-120-45-48-124-61-92-64-130-85(139-92)76(96-67(3)109)79-82(92)136-88(8,9)133-79/h10,13-14,19-20,49-51,74-85H,11-12,15-18,21-48,52-64H2,1-9H3,(H,93,110)(H,94,107)(H,95,108)(H,96,109)(H,97,111)/t74-,75-,76-,77-,78-,79-,80-,81-,82-,83+,84+,85+,90+,91+,92+/m1/s1. The summed E-state index contributed by atoms with van der Waals surface area (Å²) >= 11 is 0. The predicted molar refractivity (Wildman–Crippen MR) is 481 cm³/mol. The highest BCUT2D eigenvalue weighted by molar-refractivity contribution is 5.77. The number of benzene rings is 1. The van der Waals surface area contributed by atoms with Gasteiger partial charge in [0.05, 0.1) is 263 Å². The lowest BCUT2D eigenvalue weighted by atomic mass is 9.88. The first-order chi connectivity index (χ1) is 67.3. The SMILES string of the molecule is CC(=O)N[C@H]1[C@H]2OC[C@](COCCOCCOCCOCCn3cc(COCC(COCc4cn(CCOCCOCCOCCOC[C@@]56CO[C@@H](O5)[C@H](NC(C)=O)[C@H]5OC(C)(C)O[C@H]56)nn4)(COCc4cn(CCOCCOCCOCCOC[C@@]56CO[C@@H](O5)[C@H](NC(C)=O)[C@H]5OC(C)(C)O[C@H]56)nn4)NC(=O)CCCCCNC(=O)CCCCCOCc4ccccc4)nn3)(O2)[C@@H]2OC(C)(C)O[C@H]12. The number of amides is 5. The summed E-state index contributed by atoms with van der Waals surface area (Å²) in [5.41, 5.74) is -1.30. The van der Waals surface area contributed by atoms with E-state index in [-0.39, 0.29) is 115 Å². The number of nitrogens with zero attached hydrogens (tertiary/aromatic N) is 9. The smallest absolute Gasteiger partial charge is 0.220 e. The summed E-state index contributed by atoms with van der Waals surface area (Å²) < 4.78 is 175. The van der Waals surface area contributed by atoms with Crippen molar-refractivity contribution < 1.29 is 157 Å². The summed E-state index contributed by atoms with van der Waals surface area (Å²) in [6, 6.07) is 8.47. The van der Waals surface area contributed by atoms with E-state index in [1.165, 1.54) is 20.8 Å². The Hall–Kier alpha value is -7.13. The van der Waals surface area contributed by atoms with Crippen LogP contribution in [0, 0.1) is 0 Å². The van der Waals surface area contributed by atoms with Gasteiger partial charge < -0.3 is 159 Å². The Morgan fingerprint density at radius 1 is 0.360 bits per heavy atom. The van der Waals surface area contributed by atoms with Gasteiger partial charge in [-0.3, -0.25) is 24.0 Å². The van der Waals surface area contributed by atoms with Crippen LogP contribution in [0.1, 0.15) is 136 Å². The van der Waals surface area contributed by atoms with Gasteiger partial charge >= 0.3 is 0 Å². The third-order valence-corrected chi connectivity index (χ3v) is 24.1. The van der Waals surface area contributed by atoms with Crippen molar-refractivity contribution >= 4 is 29.5 Å². The Morgan fingerprint density at radius 2 is 0.683 bits per heavy atom. The van der Waals surface area contributed by atoms with Crippen molar-refractivity contribution in [1.29, 1.82) is 0 Å². The first-order valence-electron chi connectivity index (χ1n) is 48.5. The van der Waals surface area contributed by atoms with Gasteiger partial charge in [0.1, 0.15) is 94.2 Å². The lowest BCUT2D eigenvalue weighted by Gasteiger charge is -2.42. The third kappa shape index (κ3) is 34.0. The van der Waals surface area contributed by atoms with Gasteiger partial charge in [0, 0.05) is 46.8 Å². The van der Waals surface area contributed by atoms with E-state index in [0.29, 0.717) is 221 Å². The van der Waals surface area contributed by atoms with Gasteiger partial charge in [0.15, 0.2) is 36.2 Å². The molecule has 0 saturated carbocycles. The number of hydrogen-bond donors (Lipinski definition) is 5. The Bertz CT molecular complexity index is 3970. The number of aromatic nitrogens is 9. The zero-order valence-corrected chi connectivity index (χ0v) is 81.8. The second-order valence-corrected chi connectivity index (χ2v) is 37.2. The number of rotatable bonds is 72. The molecular formula is C92H146N14O33. The molecule has 6 bridgehead atoms. The van der Waals surface area contributed by atoms with Crippen molar-refractivity contribution in [3.05, 3.63) is 71.6 Å². The first-order valence-corrected chi connectivity index (χ1v) is 48.5. The number of fused-ring (bicyclic) bond motifs is 12. The van der Waals surface area contributed by atoms with Gasteiger partial charge in [-0.1, -0.05) is 58.8 Å². The highest BCUT2D eigenvalue weighted by Gasteiger charge is 2.69. The maximum atomic E-state index is 14.4. The van der Waals surface area contributed by atoms with Crippen molar-refractivity contribution in [3.63, 3.8) is 0 Å². The van der Waals surface area contributed by atoms with Crippen molar-refractivity contribution in [2.24, 2.45) is 0 Å². The number of nitrogens with one attached hydrogen (secondary N) is 5. The van der Waals surface area contributed by atoms with E-state index in [9.17, 15) is 24.0 Å². The molecule has 9 fully saturated rings. The Morgan fingerprint density at radius 3 is 1.03 bits per heavy atom. The Balaban J connectivity index is 0.539. The van der Waals surface area contributed by atoms with E-state index in [2.05, 4.69) is 57.5 Å². The first kappa shape index (κ1) is 109. The predicted octanol–water partition coefficient (Wildman–Crippen LogP) is 1.37. The molecule has 47 heteroatoms. The van der Waals surface area contributed by atoms with Crippen LogP contribution in [0.5, 0.6) is 0 Å². The Kier molecular flexibility index (Phi) is 42.9. The fourth-order valence-corrected chi connectivity index (χ4v) is 17.7. The molecule has 9 aliphatic heterocycles. The number of carbonyl (C=O) groups is 5. The molecular weight excluding hydrogens is 1830 g/mol. The van der Waals surface area contributed by atoms with Crippen LogP contribution in [-0.4, -0.2) is 399 Å². The summed E-state index contributed by atoms with van der Waals surface area (Å²) in [7, 11) is 0. The summed E-state index contributed by atoms with van der Waals surface area (Å²) in [6.07, 6.45) is 5.23. The van der Waals surface area contributed by atoms with Crippen LogP contribution in [0.4, 0.5) is 0 Å². The molecule has 4 aromatic rings. The molecule has 15 atom stereocenters. The van der Waals surface area contributed by atoms with Gasteiger partial charge in [-0.15, -0.1) is 15.3 Å². The molecule has 13 rings (SSSR count). The van der Waals surface area contributed by atoms with Crippen LogP contribution in [0.2, 0.25) is 0 Å². The highest BCUT2D eigenvalue weighted by Crippen LogP contribution is 2.50. The van der Waals surface area contributed by atoms with Gasteiger partial charge in [-0.2, -0.15) is 0 Å². The fraction of sp³-hybridized carbons (Fsp3) is 0.815. The number of carbonyl (C=O) groups excluding carboxylic acids is 5. The molecule has 5 N–H and O–H groups in total. The molecule has 782 valence electrons. The van der Waals surface area contributed by atoms with Crippen LogP contribution in [-0.2, 0) is 203 Å². The van der Waals surface area contributed by atoms with Gasteiger partial charge in [0.2, 0.25) is 29.5 Å². The summed E-state index contributed by atoms with van der Waals surface area (Å²) in [5.74, 6) is -3.57. The maximum absolute atomic E-state index is 14.4. The van der Waals surface area contributed by atoms with Gasteiger partial charge in [-0.05, 0) is 72.8 Å². The van der Waals surface area contributed by atoms with Crippen LogP contribution >= 0.6 is 0 Å². The van der Waals surface area contributed by atoms with Crippen molar-refractivity contribution in [2.45, 2.75) is 273 Å². The third-order valence-electron chi connectivity index (χ3n) is 24.1. The molecule has 12 heterocycles. The van der Waals surface area contributed by atoms with Crippen molar-refractivity contribution in [2.75, 3.05) is 211 Å². The molecule has 9 saturated heterocycles. The van der Waals surface area contributed by atoms with Crippen LogP contribution in [0.15, 0.2) is 48.9 Å². The van der Waals surface area contributed by atoms with E-state index < -0.39 is 113 Å². The molecule has 3 aromatic heterocycles. The van der Waals surface area contributed by atoms with E-state index in [4.69, 9.17) is 133 Å². The number of hydrogen-bond acceptors (Lipinski definition) is 39. The van der Waals surface area contributed by atoms with Crippen molar-refractivity contribution in [1.82, 2.24) is 71.6 Å². The minimum absolute atomic E-state index is 0.00737. The van der Waals surface area contributed by atoms with Gasteiger partial charge in [0.25, 0.3) is 0 Å². The second kappa shape index (κ2) is 54.7. The monoisotopic (exact) mass is 1980 g/mol. The fourth-order valence-electron chi connectivity index (χ4n) is 17.7. The lowest BCUT2D eigenvalue weighted by Crippen LogP contribution is -2.65. The molecule has 139 heavy (non-hydrogen) atoms. The molecule has 9 aliphatic rings. The topological polar surface area (TPSA) is 496 Å². The molecule has 0 aliphatic carbocycles. The zero-order chi connectivity index (χ0) is 97.8. The normalized spacial score (nSPS) is 26.6. The molecule has 0 unspecified atom stereocenters. The van der Waals surface area contributed by atoms with E-state index in [1.807, 2.05) is 71.9 Å².